The van der Waals surface area contributed by atoms with Crippen LogP contribution in [0.2, 0.25) is 0 Å². The van der Waals surface area contributed by atoms with Gasteiger partial charge in [-0.15, -0.1) is 0 Å². The first-order valence-corrected chi connectivity index (χ1v) is 30.6. The van der Waals surface area contributed by atoms with Crippen molar-refractivity contribution in [1.29, 1.82) is 0 Å². The third-order valence-electron chi connectivity index (χ3n) is 16.3. The second kappa shape index (κ2) is 37.6. The summed E-state index contributed by atoms with van der Waals surface area (Å²) in [6.07, 6.45) is -5.80. The number of rotatable bonds is 32. The number of nitrogens with two attached hydrogens (primary N) is 3. The zero-order chi connectivity index (χ0) is 67.6. The number of carboxylic acids is 1. The number of ether oxygens (including phenoxy) is 1. The van der Waals surface area contributed by atoms with Gasteiger partial charge in [-0.1, -0.05) is 0 Å². The van der Waals surface area contributed by atoms with Crippen LogP contribution in [0, 0.1) is 5.92 Å². The fraction of sp³-hybridized carbons (Fsp3) is 0.745. The number of esters is 1. The van der Waals surface area contributed by atoms with Crippen LogP contribution in [0.25, 0.3) is 0 Å². The lowest BCUT2D eigenvalue weighted by Crippen LogP contribution is -2.75. The van der Waals surface area contributed by atoms with Crippen molar-refractivity contribution in [2.24, 2.45) is 23.1 Å². The van der Waals surface area contributed by atoms with Crippen LogP contribution in [-0.2, 0) is 71.9 Å². The van der Waals surface area contributed by atoms with Crippen LogP contribution in [0.5, 0.6) is 0 Å². The van der Waals surface area contributed by atoms with Gasteiger partial charge in [-0.3, -0.25) is 83.0 Å². The molecule has 3 saturated heterocycles. The molecular formula is C55H92N16O20. The molecular weight excluding hydrogens is 1200 g/mol. The number of unbranched alkanes of at least 4 members (excludes halogenated alkanes) is 2. The van der Waals surface area contributed by atoms with E-state index in [2.05, 4.69) is 53.2 Å². The number of hydrogen-bond acceptors (Lipinski definition) is 23. The summed E-state index contributed by atoms with van der Waals surface area (Å²) < 4.78 is 5.76. The summed E-state index contributed by atoms with van der Waals surface area (Å²) in [5, 5.41) is 77.8. The van der Waals surface area contributed by atoms with Crippen LogP contribution in [0.3, 0.4) is 0 Å². The Morgan fingerprint density at radius 2 is 1.23 bits per heavy atom. The fourth-order valence-electron chi connectivity index (χ4n) is 11.4. The van der Waals surface area contributed by atoms with Crippen LogP contribution < -0.4 is 70.4 Å². The molecule has 12 amide bonds. The van der Waals surface area contributed by atoms with E-state index in [9.17, 15) is 92.9 Å². The van der Waals surface area contributed by atoms with E-state index in [1.54, 1.807) is 4.90 Å². The van der Waals surface area contributed by atoms with Crippen molar-refractivity contribution in [1.82, 2.24) is 68.2 Å². The number of cyclic esters (lactones) is 1. The quantitative estimate of drug-likeness (QED) is 0.00978. The minimum Gasteiger partial charge on any atom is -0.481 e. The zero-order valence-corrected chi connectivity index (χ0v) is 51.4. The Bertz CT molecular complexity index is 2560. The van der Waals surface area contributed by atoms with Gasteiger partial charge in [0.05, 0.1) is 36.9 Å². The molecule has 1 saturated carbocycles. The smallest absolute Gasteiger partial charge is 0.328 e. The van der Waals surface area contributed by atoms with E-state index in [0.29, 0.717) is 11.5 Å². The number of amides is 12. The van der Waals surface area contributed by atoms with Gasteiger partial charge in [0.25, 0.3) is 0 Å². The average Bonchev–Trinajstić information content (AvgIpc) is 0.756. The van der Waals surface area contributed by atoms with E-state index in [0.717, 1.165) is 0 Å². The number of aliphatic carboxylic acids is 1. The first-order valence-electron chi connectivity index (χ1n) is 30.6. The van der Waals surface area contributed by atoms with Gasteiger partial charge in [-0.2, -0.15) is 0 Å². The molecule has 4 fully saturated rings. The molecule has 0 aromatic carbocycles. The molecule has 6 unspecified atom stereocenters. The number of carboxylic acid groups (broad SMARTS) is 1. The Morgan fingerprint density at radius 1 is 0.670 bits per heavy atom. The molecule has 3 aliphatic heterocycles. The average molecular weight is 1300 g/mol. The number of hydrogen-bond donors (Lipinski definition) is 18. The molecule has 4 rings (SSSR count). The van der Waals surface area contributed by atoms with Gasteiger partial charge in [0, 0.05) is 32.0 Å². The third kappa shape index (κ3) is 23.8. The number of nitrogens with one attached hydrogen (secondary N) is 10. The number of aliphatic hydroxyl groups is 2. The standard InChI is InChI=1S/C55H92N16O20/c1-28-47(80)60-29(2)48(81)63-33(12-8-20-69(89)26-72)50(83)66-35(11-5-7-18-57)55(88)91-30(3)45(54(87)61-28)68-51(84)32(10-4-6-17-56)64-49(82)34(13-9-21-70(90)27-73)65-52(85)37(24-44(78)79)67-53(86)38-16-19-59-46-36(62-43(77)15-14-42(58)76)22-31-23-40(74)41(75)25-39(31)71(38)46/h26-41,45-46,59,74-75,89-90H,4-25,56-57H2,1-3H3,(H2,58,76)(H,60,80)(H,61,87)(H,62,77)(H,63,81)(H,64,82)(H,65,85)(H,66,83)(H,67,86)(H,68,84)(H,78,79)/t28-,29+,30+,31?,32+,33-,34-,35+,36?,37+,38+,39?,40?,41?,45+,46?/m0/s1. The van der Waals surface area contributed by atoms with Crippen molar-refractivity contribution in [3.8, 4) is 0 Å². The third-order valence-corrected chi connectivity index (χ3v) is 16.3. The second-order valence-corrected chi connectivity index (χ2v) is 23.3. The van der Waals surface area contributed by atoms with Crippen LogP contribution in [0.15, 0.2) is 0 Å². The number of hydroxylamine groups is 4. The molecule has 0 radical (unpaired) electrons. The molecule has 0 spiro atoms. The number of aliphatic hydroxyl groups excluding tert-OH is 2. The summed E-state index contributed by atoms with van der Waals surface area (Å²) in [6, 6.07) is -15.3. The van der Waals surface area contributed by atoms with Crippen molar-refractivity contribution < 1.29 is 97.6 Å². The van der Waals surface area contributed by atoms with E-state index in [1.165, 1.54) is 20.8 Å². The Kier molecular flexibility index (Phi) is 31.3. The number of carbonyl (C=O) groups is 14. The van der Waals surface area contributed by atoms with Gasteiger partial charge >= 0.3 is 11.9 Å². The van der Waals surface area contributed by atoms with Crippen molar-refractivity contribution in [3.63, 3.8) is 0 Å². The zero-order valence-electron chi connectivity index (χ0n) is 51.4. The lowest BCUT2D eigenvalue weighted by atomic mass is 9.72. The molecule has 1 aliphatic carbocycles. The molecule has 36 heteroatoms. The van der Waals surface area contributed by atoms with Gasteiger partial charge in [-0.25, -0.2) is 14.9 Å². The van der Waals surface area contributed by atoms with E-state index in [1.807, 2.05) is 0 Å². The Balaban J connectivity index is 1.67. The van der Waals surface area contributed by atoms with Crippen LogP contribution in [-0.4, -0.2) is 248 Å². The number of fused-ring (bicyclic) bond motifs is 3. The highest BCUT2D eigenvalue weighted by molar-refractivity contribution is 5.99. The number of piperidine rings is 1. The number of carbonyl (C=O) groups excluding carboxylic acids is 13. The molecule has 21 N–H and O–H groups in total. The molecule has 0 aromatic heterocycles. The van der Waals surface area contributed by atoms with Crippen molar-refractivity contribution in [3.05, 3.63) is 0 Å². The van der Waals surface area contributed by atoms with E-state index in [4.69, 9.17) is 21.9 Å². The molecule has 3 heterocycles. The van der Waals surface area contributed by atoms with E-state index >= 15 is 0 Å². The van der Waals surface area contributed by atoms with Gasteiger partial charge in [0.15, 0.2) is 0 Å². The maximum atomic E-state index is 14.6. The molecule has 4 aliphatic rings. The molecule has 16 atom stereocenters. The largest absolute Gasteiger partial charge is 0.481 e. The first-order chi connectivity index (χ1) is 43.1. The normalized spacial score (nSPS) is 27.5. The maximum Gasteiger partial charge on any atom is 0.328 e. The second-order valence-electron chi connectivity index (χ2n) is 23.3. The fourth-order valence-corrected chi connectivity index (χ4v) is 11.4. The van der Waals surface area contributed by atoms with Gasteiger partial charge in [-0.05, 0) is 136 Å². The summed E-state index contributed by atoms with van der Waals surface area (Å²) in [5.74, 6) is -12.5. The summed E-state index contributed by atoms with van der Waals surface area (Å²) >= 11 is 0. The Labute approximate surface area is 524 Å². The maximum absolute atomic E-state index is 14.6. The minimum absolute atomic E-state index is 0.00950. The molecule has 512 valence electrons. The Hall–Kier alpha value is -7.74. The van der Waals surface area contributed by atoms with Crippen molar-refractivity contribution in [2.75, 3.05) is 32.7 Å². The highest BCUT2D eigenvalue weighted by Gasteiger charge is 2.53. The summed E-state index contributed by atoms with van der Waals surface area (Å²) in [4.78, 5) is 189. The predicted molar refractivity (Wildman–Crippen MR) is 314 cm³/mol. The SMILES string of the molecule is C[C@@H]1NC(=O)[C@H](NC(=O)[C@@H](CCCCN)NC(=O)[C@H](CCCN(O)C=O)NC(=O)[C@@H](CC(=O)O)NC(=O)[C@H]2CCNC3C(NC(=O)CCC(N)=O)CC4CC(O)C(O)CC4N32)[C@@H](C)OC(=O)[C@@H](CCCCN)NC(=O)[C@H](CCCN(O)C=O)NC(=O)[C@@H](C)NC1=O. The monoisotopic (exact) mass is 1300 g/mol. The van der Waals surface area contributed by atoms with Gasteiger partial charge in [0.1, 0.15) is 54.4 Å². The van der Waals surface area contributed by atoms with E-state index < -0.39 is 187 Å². The number of nitrogens with zero attached hydrogens (tertiary/aromatic N) is 3. The summed E-state index contributed by atoms with van der Waals surface area (Å²) in [7, 11) is 0. The van der Waals surface area contributed by atoms with Crippen LogP contribution in [0.1, 0.15) is 130 Å². The molecule has 0 bridgehead atoms. The predicted octanol–water partition coefficient (Wildman–Crippen LogP) is -7.52. The van der Waals surface area contributed by atoms with Crippen LogP contribution in [0.4, 0.5) is 0 Å². The minimum atomic E-state index is -1.91. The van der Waals surface area contributed by atoms with Crippen molar-refractivity contribution in [2.45, 2.75) is 221 Å². The topological polar surface area (TPSA) is 557 Å². The molecule has 0 aromatic rings. The lowest BCUT2D eigenvalue weighted by molar-refractivity contribution is -0.156. The number of primary amides is 1. The first kappa shape index (κ1) is 75.7. The van der Waals surface area contributed by atoms with Crippen molar-refractivity contribution >= 4 is 83.8 Å². The Morgan fingerprint density at radius 3 is 1.86 bits per heavy atom. The van der Waals surface area contributed by atoms with Crippen LogP contribution >= 0.6 is 0 Å². The summed E-state index contributed by atoms with van der Waals surface area (Å²) in [5.41, 5.74) is 16.8. The highest BCUT2D eigenvalue weighted by atomic mass is 16.5. The summed E-state index contributed by atoms with van der Waals surface area (Å²) in [6.45, 7) is 3.51. The van der Waals surface area contributed by atoms with Gasteiger partial charge in [0.2, 0.25) is 71.9 Å². The lowest BCUT2D eigenvalue weighted by Gasteiger charge is -2.57. The van der Waals surface area contributed by atoms with E-state index in [-0.39, 0.29) is 134 Å². The molecule has 91 heavy (non-hydrogen) atoms. The highest BCUT2D eigenvalue weighted by Crippen LogP contribution is 2.40. The molecule has 36 nitrogen and oxygen atoms in total. The van der Waals surface area contributed by atoms with Gasteiger partial charge < -0.3 is 85.1 Å².